The van der Waals surface area contributed by atoms with Crippen molar-refractivity contribution in [1.82, 2.24) is 20.0 Å². The van der Waals surface area contributed by atoms with Crippen LogP contribution in [0.25, 0.3) is 11.4 Å². The molecule has 2 aliphatic carbocycles. The minimum absolute atomic E-state index is 0.0267. The van der Waals surface area contributed by atoms with Crippen molar-refractivity contribution in [3.63, 3.8) is 0 Å². The van der Waals surface area contributed by atoms with Gasteiger partial charge in [0, 0.05) is 43.2 Å². The van der Waals surface area contributed by atoms with E-state index < -0.39 is 17.5 Å². The highest BCUT2D eigenvalue weighted by atomic mass is 32.1. The quantitative estimate of drug-likeness (QED) is 0.522. The summed E-state index contributed by atoms with van der Waals surface area (Å²) >= 11 is 1.14. The van der Waals surface area contributed by atoms with E-state index in [0.29, 0.717) is 16.8 Å². The van der Waals surface area contributed by atoms with Gasteiger partial charge in [-0.1, -0.05) is 30.3 Å². The molecule has 2 saturated carbocycles. The van der Waals surface area contributed by atoms with E-state index >= 15 is 0 Å². The lowest BCUT2D eigenvalue weighted by atomic mass is 9.78. The average molecular weight is 510 g/mol. The van der Waals surface area contributed by atoms with Crippen LogP contribution in [0.4, 0.5) is 17.6 Å². The third-order valence-corrected chi connectivity index (χ3v) is 7.82. The molecule has 2 fully saturated rings. The van der Waals surface area contributed by atoms with Crippen molar-refractivity contribution < 1.29 is 17.6 Å². The van der Waals surface area contributed by atoms with Gasteiger partial charge in [-0.05, 0) is 37.2 Å². The minimum atomic E-state index is -2.72. The Bertz CT molecular complexity index is 1100. The first-order valence-electron chi connectivity index (χ1n) is 11.8. The number of aliphatic imine (C=N–C) groups is 2. The number of hydrogen-bond acceptors (Lipinski definition) is 8. The largest absolute Gasteiger partial charge is 0.368 e. The third kappa shape index (κ3) is 5.12. The summed E-state index contributed by atoms with van der Waals surface area (Å²) in [5.74, 6) is -4.94. The maximum Gasteiger partial charge on any atom is 0.248 e. The minimum Gasteiger partial charge on any atom is -0.368 e. The normalized spacial score (nSPS) is 27.0. The summed E-state index contributed by atoms with van der Waals surface area (Å²) in [4.78, 5) is 13.6. The molecule has 4 N–H and O–H groups in total. The molecule has 3 aliphatic rings. The Morgan fingerprint density at radius 2 is 1.57 bits per heavy atom. The molecule has 2 heterocycles. The Balaban J connectivity index is 1.45. The van der Waals surface area contributed by atoms with E-state index in [4.69, 9.17) is 10.7 Å². The zero-order valence-corrected chi connectivity index (χ0v) is 19.8. The van der Waals surface area contributed by atoms with Crippen LogP contribution in [0.15, 0.2) is 40.3 Å². The summed E-state index contributed by atoms with van der Waals surface area (Å²) in [5.41, 5.74) is 5.73. The number of nitrogens with one attached hydrogen (secondary N) is 2. The zero-order chi connectivity index (χ0) is 24.7. The number of guanidine groups is 2. The molecule has 0 amide bonds. The molecular weight excluding hydrogens is 482 g/mol. The molecule has 1 unspecified atom stereocenters. The molecule has 12 heteroatoms. The van der Waals surface area contributed by atoms with Crippen LogP contribution in [0.5, 0.6) is 0 Å². The molecular formula is C23H27F4N7S. The smallest absolute Gasteiger partial charge is 0.248 e. The molecule has 1 atom stereocenters. The first kappa shape index (κ1) is 24.0. The number of aromatic nitrogens is 2. The second-order valence-corrected chi connectivity index (χ2v) is 10.3. The topological polar surface area (TPSA) is 101 Å². The van der Waals surface area contributed by atoms with Crippen LogP contribution in [-0.4, -0.2) is 39.2 Å². The van der Waals surface area contributed by atoms with Gasteiger partial charge in [0.1, 0.15) is 0 Å². The van der Waals surface area contributed by atoms with Gasteiger partial charge >= 0.3 is 0 Å². The maximum atomic E-state index is 14.0. The predicted molar refractivity (Wildman–Crippen MR) is 126 cm³/mol. The van der Waals surface area contributed by atoms with E-state index in [9.17, 15) is 17.6 Å². The predicted octanol–water partition coefficient (Wildman–Crippen LogP) is 4.62. The fourth-order valence-corrected chi connectivity index (χ4v) is 5.86. The molecule has 188 valence electrons. The summed E-state index contributed by atoms with van der Waals surface area (Å²) in [6, 6.07) is 9.22. The van der Waals surface area contributed by atoms with Crippen molar-refractivity contribution in [3.05, 3.63) is 35.3 Å². The van der Waals surface area contributed by atoms with Gasteiger partial charge in [0.05, 0.1) is 0 Å². The van der Waals surface area contributed by atoms with E-state index in [1.165, 1.54) is 0 Å². The molecule has 0 spiro atoms. The second-order valence-electron chi connectivity index (χ2n) is 9.52. The van der Waals surface area contributed by atoms with Gasteiger partial charge in [-0.3, -0.25) is 0 Å². The Morgan fingerprint density at radius 3 is 2.23 bits per heavy atom. The van der Waals surface area contributed by atoms with Crippen LogP contribution in [0.1, 0.15) is 56.4 Å². The van der Waals surface area contributed by atoms with Crippen LogP contribution in [0.3, 0.4) is 0 Å². The maximum absolute atomic E-state index is 14.0. The third-order valence-electron chi connectivity index (χ3n) is 6.98. The molecule has 1 aromatic carbocycles. The highest BCUT2D eigenvalue weighted by Gasteiger charge is 2.50. The molecule has 1 aromatic heterocycles. The summed E-state index contributed by atoms with van der Waals surface area (Å²) < 4.78 is 59.8. The van der Waals surface area contributed by atoms with E-state index in [0.717, 1.165) is 17.1 Å². The van der Waals surface area contributed by atoms with Crippen LogP contribution in [-0.2, 0) is 5.66 Å². The fourth-order valence-electron chi connectivity index (χ4n) is 5.01. The fraction of sp³-hybridized carbons (Fsp3) is 0.565. The highest BCUT2D eigenvalue weighted by Crippen LogP contribution is 2.46. The monoisotopic (exact) mass is 509 g/mol. The summed E-state index contributed by atoms with van der Waals surface area (Å²) in [5, 5.41) is 6.99. The van der Waals surface area contributed by atoms with Gasteiger partial charge in [0.2, 0.25) is 23.8 Å². The van der Waals surface area contributed by atoms with Crippen molar-refractivity contribution in [2.45, 2.75) is 74.9 Å². The molecule has 2 aromatic rings. The number of rotatable bonds is 4. The lowest BCUT2D eigenvalue weighted by molar-refractivity contribution is -0.0566. The first-order valence-corrected chi connectivity index (χ1v) is 12.6. The Labute approximate surface area is 204 Å². The number of benzene rings is 1. The lowest BCUT2D eigenvalue weighted by Crippen LogP contribution is -2.59. The molecule has 0 saturated heterocycles. The molecule has 7 nitrogen and oxygen atoms in total. The average Bonchev–Trinajstić information content (AvgIpc) is 3.32. The van der Waals surface area contributed by atoms with E-state index in [1.807, 2.05) is 30.3 Å². The van der Waals surface area contributed by atoms with E-state index in [1.54, 1.807) is 0 Å². The SMILES string of the molecule is NC1=NC(c2nc(-c3ccccc3)ns2)(C2CCC(F)(F)CC2)NC(NC2CCC(F)(F)CC2)=N1. The van der Waals surface area contributed by atoms with Crippen LogP contribution >= 0.6 is 11.5 Å². The summed E-state index contributed by atoms with van der Waals surface area (Å²) in [7, 11) is 0. The molecule has 0 bridgehead atoms. The van der Waals surface area contributed by atoms with E-state index in [2.05, 4.69) is 25.0 Å². The molecule has 0 radical (unpaired) electrons. The van der Waals surface area contributed by atoms with E-state index in [-0.39, 0.29) is 69.3 Å². The number of nitrogens with zero attached hydrogens (tertiary/aromatic N) is 4. The number of halogens is 4. The Morgan fingerprint density at radius 1 is 0.943 bits per heavy atom. The van der Waals surface area contributed by atoms with Gasteiger partial charge in [0.15, 0.2) is 16.5 Å². The van der Waals surface area contributed by atoms with Crippen molar-refractivity contribution in [1.29, 1.82) is 0 Å². The van der Waals surface area contributed by atoms with Gasteiger partial charge in [-0.2, -0.15) is 9.37 Å². The number of hydrogen-bond donors (Lipinski definition) is 3. The zero-order valence-electron chi connectivity index (χ0n) is 19.0. The lowest BCUT2D eigenvalue weighted by Gasteiger charge is -2.42. The number of alkyl halides is 4. The summed E-state index contributed by atoms with van der Waals surface area (Å²) in [6.45, 7) is 0. The van der Waals surface area contributed by atoms with Gasteiger partial charge < -0.3 is 16.4 Å². The first-order chi connectivity index (χ1) is 16.6. The van der Waals surface area contributed by atoms with Crippen molar-refractivity contribution in [3.8, 4) is 11.4 Å². The van der Waals surface area contributed by atoms with Gasteiger partial charge in [-0.25, -0.2) is 27.5 Å². The molecule has 5 rings (SSSR count). The van der Waals surface area contributed by atoms with Gasteiger partial charge in [0.25, 0.3) is 0 Å². The second kappa shape index (κ2) is 9.03. The summed E-state index contributed by atoms with van der Waals surface area (Å²) in [6.07, 6.45) is 0.0357. The van der Waals surface area contributed by atoms with Crippen LogP contribution in [0.2, 0.25) is 0 Å². The molecule has 1 aliphatic heterocycles. The van der Waals surface area contributed by atoms with Crippen molar-refractivity contribution in [2.75, 3.05) is 0 Å². The Kier molecular flexibility index (Phi) is 6.18. The van der Waals surface area contributed by atoms with Crippen LogP contribution < -0.4 is 16.4 Å². The standard InChI is InChI=1S/C23H27F4N7S/c24-21(25)10-6-15(7-11-21)23(18-30-17(34-35-18)14-4-2-1-3-5-14)32-19(28)31-20(33-23)29-16-8-12-22(26,27)13-9-16/h1-5,15-16H,6-13H2,(H4,28,29,31,32,33). The van der Waals surface area contributed by atoms with Crippen LogP contribution in [0, 0.1) is 5.92 Å². The number of nitrogens with two attached hydrogens (primary N) is 1. The highest BCUT2D eigenvalue weighted by molar-refractivity contribution is 7.05. The van der Waals surface area contributed by atoms with Crippen molar-refractivity contribution >= 4 is 23.5 Å². The van der Waals surface area contributed by atoms with Gasteiger partial charge in [-0.15, -0.1) is 0 Å². The molecule has 35 heavy (non-hydrogen) atoms. The Hall–Kier alpha value is -2.76. The van der Waals surface area contributed by atoms with Crippen molar-refractivity contribution in [2.24, 2.45) is 21.6 Å².